The maximum Gasteiger partial charge on any atom is 0.163 e. The molecule has 1 aromatic carbocycles. The molecule has 0 saturated heterocycles. The van der Waals surface area contributed by atoms with E-state index in [0.29, 0.717) is 31.2 Å². The van der Waals surface area contributed by atoms with Gasteiger partial charge in [-0.2, -0.15) is 0 Å². The van der Waals surface area contributed by atoms with Crippen LogP contribution in [0.1, 0.15) is 36.1 Å². The van der Waals surface area contributed by atoms with Crippen LogP contribution >= 0.6 is 0 Å². The minimum absolute atomic E-state index is 0.403. The monoisotopic (exact) mass is 415 g/mol. The summed E-state index contributed by atoms with van der Waals surface area (Å²) in [5.41, 5.74) is 4.53. The molecule has 31 heavy (non-hydrogen) atoms. The van der Waals surface area contributed by atoms with Crippen LogP contribution in [0.25, 0.3) is 11.0 Å². The third-order valence-corrected chi connectivity index (χ3v) is 5.25. The van der Waals surface area contributed by atoms with Gasteiger partial charge >= 0.3 is 0 Å². The molecule has 0 bridgehead atoms. The second-order valence-electron chi connectivity index (χ2n) is 7.38. The highest BCUT2D eigenvalue weighted by Gasteiger charge is 2.27. The molecule has 0 saturated carbocycles. The van der Waals surface area contributed by atoms with Crippen LogP contribution in [-0.2, 0) is 16.1 Å². The van der Waals surface area contributed by atoms with E-state index in [2.05, 4.69) is 34.2 Å². The zero-order chi connectivity index (χ0) is 21.6. The molecule has 1 aliphatic carbocycles. The van der Waals surface area contributed by atoms with Gasteiger partial charge in [0.25, 0.3) is 0 Å². The summed E-state index contributed by atoms with van der Waals surface area (Å²) in [7, 11) is 0. The van der Waals surface area contributed by atoms with Crippen LogP contribution in [0.4, 0.5) is 0 Å². The Labute approximate surface area is 181 Å². The average molecular weight is 415 g/mol. The SMILES string of the molecule is CCOC1=C(C(N=O)c2c[nH]c3ncccc23)CC=CC=C1OCc1ccc(C)cc1. The molecule has 2 heterocycles. The van der Waals surface area contributed by atoms with Crippen molar-refractivity contribution in [3.8, 4) is 0 Å². The van der Waals surface area contributed by atoms with Crippen molar-refractivity contribution < 1.29 is 9.47 Å². The number of H-pyrrole nitrogens is 1. The Morgan fingerprint density at radius 2 is 2.03 bits per heavy atom. The number of nitrogens with one attached hydrogen (secondary N) is 1. The van der Waals surface area contributed by atoms with E-state index in [1.807, 2.05) is 49.4 Å². The van der Waals surface area contributed by atoms with Crippen LogP contribution in [0.5, 0.6) is 0 Å². The van der Waals surface area contributed by atoms with E-state index < -0.39 is 6.04 Å². The van der Waals surface area contributed by atoms with Crippen molar-refractivity contribution in [3.05, 3.63) is 106 Å². The molecule has 1 aliphatic rings. The summed E-state index contributed by atoms with van der Waals surface area (Å²) in [6.45, 7) is 4.82. The molecule has 6 nitrogen and oxygen atoms in total. The van der Waals surface area contributed by atoms with Crippen LogP contribution in [0.2, 0.25) is 0 Å². The fourth-order valence-electron chi connectivity index (χ4n) is 3.69. The minimum Gasteiger partial charge on any atom is -0.490 e. The van der Waals surface area contributed by atoms with Crippen molar-refractivity contribution >= 4 is 11.0 Å². The number of rotatable bonds is 8. The lowest BCUT2D eigenvalue weighted by atomic mass is 9.95. The number of fused-ring (bicyclic) bond motifs is 1. The molecule has 1 atom stereocenters. The maximum absolute atomic E-state index is 12.1. The smallest absolute Gasteiger partial charge is 0.163 e. The number of nitroso groups, excluding NO2 is 1. The Kier molecular flexibility index (Phi) is 6.26. The van der Waals surface area contributed by atoms with Crippen molar-refractivity contribution in [2.75, 3.05) is 6.61 Å². The molecule has 2 aromatic heterocycles. The van der Waals surface area contributed by atoms with Gasteiger partial charge in [0.1, 0.15) is 18.3 Å². The molecule has 0 spiro atoms. The maximum atomic E-state index is 12.1. The van der Waals surface area contributed by atoms with Gasteiger partial charge in [-0.05, 0) is 44.0 Å². The summed E-state index contributed by atoms with van der Waals surface area (Å²) in [4.78, 5) is 19.5. The first-order valence-corrected chi connectivity index (χ1v) is 10.4. The summed E-state index contributed by atoms with van der Waals surface area (Å²) in [6.07, 6.45) is 9.84. The highest BCUT2D eigenvalue weighted by molar-refractivity contribution is 5.80. The molecule has 3 aromatic rings. The first kappa shape index (κ1) is 20.6. The van der Waals surface area contributed by atoms with Gasteiger partial charge in [0, 0.05) is 28.9 Å². The van der Waals surface area contributed by atoms with E-state index in [0.717, 1.165) is 27.7 Å². The number of nitrogens with zero attached hydrogens (tertiary/aromatic N) is 2. The Balaban J connectivity index is 1.70. The fourth-order valence-corrected chi connectivity index (χ4v) is 3.69. The topological polar surface area (TPSA) is 76.6 Å². The van der Waals surface area contributed by atoms with Crippen molar-refractivity contribution in [3.63, 3.8) is 0 Å². The van der Waals surface area contributed by atoms with Crippen LogP contribution in [0.15, 0.2) is 89.3 Å². The Bertz CT molecular complexity index is 1160. The van der Waals surface area contributed by atoms with Crippen molar-refractivity contribution in [2.45, 2.75) is 32.9 Å². The summed E-state index contributed by atoms with van der Waals surface area (Å²) >= 11 is 0. The molecular weight excluding hydrogens is 390 g/mol. The number of allylic oxidation sites excluding steroid dienone is 3. The van der Waals surface area contributed by atoms with Crippen molar-refractivity contribution in [2.24, 2.45) is 5.18 Å². The fraction of sp³-hybridized carbons (Fsp3) is 0.240. The van der Waals surface area contributed by atoms with Crippen LogP contribution < -0.4 is 0 Å². The van der Waals surface area contributed by atoms with E-state index in [4.69, 9.17) is 9.47 Å². The third kappa shape index (κ3) is 4.43. The number of aryl methyl sites for hydroxylation is 1. The number of aromatic amines is 1. The molecule has 0 fully saturated rings. The first-order valence-electron chi connectivity index (χ1n) is 10.4. The van der Waals surface area contributed by atoms with Gasteiger partial charge in [-0.25, -0.2) is 4.98 Å². The summed E-state index contributed by atoms with van der Waals surface area (Å²) < 4.78 is 12.2. The van der Waals surface area contributed by atoms with Gasteiger partial charge < -0.3 is 14.5 Å². The highest BCUT2D eigenvalue weighted by Crippen LogP contribution is 2.38. The second-order valence-corrected chi connectivity index (χ2v) is 7.38. The molecule has 6 heteroatoms. The Hall–Kier alpha value is -3.67. The quantitative estimate of drug-likeness (QED) is 0.456. The molecular formula is C25H25N3O3. The zero-order valence-electron chi connectivity index (χ0n) is 17.7. The van der Waals surface area contributed by atoms with Gasteiger partial charge in [-0.1, -0.05) is 47.2 Å². The van der Waals surface area contributed by atoms with E-state index in [-0.39, 0.29) is 0 Å². The largest absolute Gasteiger partial charge is 0.490 e. The second kappa shape index (κ2) is 9.43. The van der Waals surface area contributed by atoms with E-state index in [1.165, 1.54) is 5.56 Å². The Morgan fingerprint density at radius 1 is 1.19 bits per heavy atom. The number of benzene rings is 1. The molecule has 4 rings (SSSR count). The lowest BCUT2D eigenvalue weighted by molar-refractivity contribution is 0.146. The molecule has 0 radical (unpaired) electrons. The minimum atomic E-state index is -0.714. The van der Waals surface area contributed by atoms with Crippen LogP contribution in [0, 0.1) is 11.8 Å². The number of pyridine rings is 1. The average Bonchev–Trinajstić information content (AvgIpc) is 3.11. The van der Waals surface area contributed by atoms with E-state index in [1.54, 1.807) is 12.4 Å². The predicted octanol–water partition coefficient (Wildman–Crippen LogP) is 6.03. The lowest BCUT2D eigenvalue weighted by Crippen LogP contribution is -2.09. The van der Waals surface area contributed by atoms with Gasteiger partial charge in [0.05, 0.1) is 6.61 Å². The normalized spacial score (nSPS) is 14.8. The van der Waals surface area contributed by atoms with E-state index >= 15 is 0 Å². The van der Waals surface area contributed by atoms with Gasteiger partial charge in [0.2, 0.25) is 0 Å². The molecule has 1 unspecified atom stereocenters. The number of hydrogen-bond donors (Lipinski definition) is 1. The predicted molar refractivity (Wildman–Crippen MR) is 121 cm³/mol. The summed E-state index contributed by atoms with van der Waals surface area (Å²) in [6, 6.07) is 11.3. The standard InChI is InChI=1S/C25H25N3O3/c1-3-30-24-20(23(28-29)21-15-27-25-19(21)8-6-14-26-25)7-4-5-9-22(24)31-16-18-12-10-17(2)11-13-18/h4-6,8-15,23H,3,7,16H2,1-2H3,(H,26,27). The van der Waals surface area contributed by atoms with Gasteiger partial charge in [-0.3, -0.25) is 0 Å². The van der Waals surface area contributed by atoms with Crippen molar-refractivity contribution in [1.82, 2.24) is 9.97 Å². The highest BCUT2D eigenvalue weighted by atomic mass is 16.5. The summed E-state index contributed by atoms with van der Waals surface area (Å²) in [5.74, 6) is 1.17. The van der Waals surface area contributed by atoms with Crippen molar-refractivity contribution in [1.29, 1.82) is 0 Å². The van der Waals surface area contributed by atoms with Crippen LogP contribution in [0.3, 0.4) is 0 Å². The van der Waals surface area contributed by atoms with Gasteiger partial charge in [-0.15, -0.1) is 4.91 Å². The van der Waals surface area contributed by atoms with Gasteiger partial charge in [0.15, 0.2) is 11.5 Å². The molecule has 0 aliphatic heterocycles. The summed E-state index contributed by atoms with van der Waals surface area (Å²) in [5, 5.41) is 4.36. The molecule has 1 N–H and O–H groups in total. The Morgan fingerprint density at radius 3 is 2.81 bits per heavy atom. The first-order chi connectivity index (χ1) is 15.2. The van der Waals surface area contributed by atoms with Crippen LogP contribution in [-0.4, -0.2) is 16.6 Å². The number of ether oxygens (including phenoxy) is 2. The molecule has 0 amide bonds. The number of aromatic nitrogens is 2. The third-order valence-electron chi connectivity index (χ3n) is 5.25. The lowest BCUT2D eigenvalue weighted by Gasteiger charge is -2.20. The zero-order valence-corrected chi connectivity index (χ0v) is 17.7. The number of hydrogen-bond acceptors (Lipinski definition) is 5. The van der Waals surface area contributed by atoms with E-state index in [9.17, 15) is 4.91 Å². The molecule has 158 valence electrons.